The number of rotatable bonds is 3. The van der Waals surface area contributed by atoms with Crippen molar-refractivity contribution in [1.82, 2.24) is 9.47 Å². The first-order valence-corrected chi connectivity index (χ1v) is 7.41. The van der Waals surface area contributed by atoms with E-state index in [1.807, 2.05) is 0 Å². The summed E-state index contributed by atoms with van der Waals surface area (Å²) in [6, 6.07) is 0. The van der Waals surface area contributed by atoms with Gasteiger partial charge in [0, 0.05) is 24.2 Å². The Morgan fingerprint density at radius 3 is 2.85 bits per heavy atom. The fraction of sp³-hybridized carbons (Fsp3) is 0.615. The molecule has 1 amide bonds. The van der Waals surface area contributed by atoms with Crippen molar-refractivity contribution in [3.05, 3.63) is 20.7 Å². The maximum absolute atomic E-state index is 12.2. The average Bonchev–Trinajstić information content (AvgIpc) is 2.78. The van der Waals surface area contributed by atoms with Crippen LogP contribution < -0.4 is 4.87 Å². The number of ether oxygens (including phenoxy) is 1. The fourth-order valence-corrected chi connectivity index (χ4v) is 3.13. The first-order chi connectivity index (χ1) is 9.52. The maximum Gasteiger partial charge on any atom is 0.310 e. The summed E-state index contributed by atoms with van der Waals surface area (Å²) in [6.45, 7) is 2.86. The molecule has 0 N–H and O–H groups in total. The van der Waals surface area contributed by atoms with E-state index >= 15 is 0 Å². The number of thiazole rings is 1. The van der Waals surface area contributed by atoms with Crippen LogP contribution in [0.1, 0.15) is 18.5 Å². The van der Waals surface area contributed by atoms with Crippen LogP contribution in [0, 0.1) is 12.8 Å². The van der Waals surface area contributed by atoms with E-state index in [4.69, 9.17) is 4.74 Å². The zero-order chi connectivity index (χ0) is 14.7. The van der Waals surface area contributed by atoms with E-state index in [9.17, 15) is 14.4 Å². The Bertz CT molecular complexity index is 563. The zero-order valence-corrected chi connectivity index (χ0v) is 12.4. The van der Waals surface area contributed by atoms with Gasteiger partial charge in [-0.3, -0.25) is 19.0 Å². The van der Waals surface area contributed by atoms with Gasteiger partial charge < -0.3 is 9.64 Å². The third-order valence-electron chi connectivity index (χ3n) is 3.58. The Labute approximate surface area is 121 Å². The summed E-state index contributed by atoms with van der Waals surface area (Å²) in [4.78, 5) is 36.9. The smallest absolute Gasteiger partial charge is 0.310 e. The molecule has 0 aromatic carbocycles. The number of aryl methyl sites for hydroxylation is 1. The lowest BCUT2D eigenvalue weighted by atomic mass is 9.98. The molecule has 1 aromatic rings. The molecule has 2 heterocycles. The number of likely N-dealkylation sites (tertiary alicyclic amines) is 1. The van der Waals surface area contributed by atoms with Crippen LogP contribution in [0.25, 0.3) is 0 Å². The summed E-state index contributed by atoms with van der Waals surface area (Å²) in [5, 5.41) is 1.74. The van der Waals surface area contributed by atoms with E-state index in [-0.39, 0.29) is 29.2 Å². The van der Waals surface area contributed by atoms with Crippen molar-refractivity contribution in [3.8, 4) is 0 Å². The largest absolute Gasteiger partial charge is 0.469 e. The lowest BCUT2D eigenvalue weighted by Gasteiger charge is -2.31. The van der Waals surface area contributed by atoms with E-state index in [1.54, 1.807) is 17.2 Å². The molecule has 2 rings (SSSR count). The van der Waals surface area contributed by atoms with Crippen LogP contribution in [-0.4, -0.2) is 41.5 Å². The van der Waals surface area contributed by atoms with E-state index in [1.165, 1.54) is 11.7 Å². The number of nitrogens with zero attached hydrogens (tertiary/aromatic N) is 2. The SMILES string of the molecule is COC(=O)[C@H]1CCCN(C(=O)Cn2c(C)csc2=O)C1. The number of piperidine rings is 1. The van der Waals surface area contributed by atoms with Gasteiger partial charge in [-0.1, -0.05) is 11.3 Å². The second-order valence-corrected chi connectivity index (χ2v) is 5.75. The molecule has 1 fully saturated rings. The lowest BCUT2D eigenvalue weighted by molar-refractivity contribution is -0.149. The van der Waals surface area contributed by atoms with E-state index in [0.29, 0.717) is 13.1 Å². The highest BCUT2D eigenvalue weighted by atomic mass is 32.1. The van der Waals surface area contributed by atoms with Crippen molar-refractivity contribution in [2.75, 3.05) is 20.2 Å². The van der Waals surface area contributed by atoms with Gasteiger partial charge in [0.25, 0.3) is 0 Å². The molecule has 110 valence electrons. The molecular weight excluding hydrogens is 280 g/mol. The number of hydrogen-bond acceptors (Lipinski definition) is 5. The number of aromatic nitrogens is 1. The van der Waals surface area contributed by atoms with Gasteiger partial charge in [0.15, 0.2) is 0 Å². The minimum Gasteiger partial charge on any atom is -0.469 e. The number of esters is 1. The van der Waals surface area contributed by atoms with Crippen molar-refractivity contribution in [1.29, 1.82) is 0 Å². The maximum atomic E-state index is 12.2. The summed E-state index contributed by atoms with van der Waals surface area (Å²) in [5.74, 6) is -0.647. The molecule has 1 atom stereocenters. The molecule has 0 spiro atoms. The van der Waals surface area contributed by atoms with Crippen molar-refractivity contribution >= 4 is 23.2 Å². The van der Waals surface area contributed by atoms with Gasteiger partial charge in [-0.25, -0.2) is 0 Å². The third kappa shape index (κ3) is 3.09. The number of methoxy groups -OCH3 is 1. The van der Waals surface area contributed by atoms with Crippen molar-refractivity contribution in [2.45, 2.75) is 26.3 Å². The fourth-order valence-electron chi connectivity index (χ4n) is 2.39. The Balaban J connectivity index is 2.02. The van der Waals surface area contributed by atoms with Crippen LogP contribution in [0.3, 0.4) is 0 Å². The average molecular weight is 298 g/mol. The quantitative estimate of drug-likeness (QED) is 0.768. The van der Waals surface area contributed by atoms with Gasteiger partial charge in [0.2, 0.25) is 5.91 Å². The molecule has 1 saturated heterocycles. The highest BCUT2D eigenvalue weighted by Gasteiger charge is 2.29. The summed E-state index contributed by atoms with van der Waals surface area (Å²) < 4.78 is 6.20. The van der Waals surface area contributed by atoms with Gasteiger partial charge in [0.1, 0.15) is 6.54 Å². The minimum atomic E-state index is -0.272. The zero-order valence-electron chi connectivity index (χ0n) is 11.6. The molecule has 1 aliphatic rings. The summed E-state index contributed by atoms with van der Waals surface area (Å²) in [7, 11) is 1.36. The monoisotopic (exact) mass is 298 g/mol. The van der Waals surface area contributed by atoms with Crippen LogP contribution in [-0.2, 0) is 20.9 Å². The van der Waals surface area contributed by atoms with Gasteiger partial charge >= 0.3 is 10.8 Å². The highest BCUT2D eigenvalue weighted by Crippen LogP contribution is 2.18. The Morgan fingerprint density at radius 1 is 1.50 bits per heavy atom. The lowest BCUT2D eigenvalue weighted by Crippen LogP contribution is -2.44. The van der Waals surface area contributed by atoms with Gasteiger partial charge in [-0.05, 0) is 19.8 Å². The highest BCUT2D eigenvalue weighted by molar-refractivity contribution is 7.07. The van der Waals surface area contributed by atoms with Crippen molar-refractivity contribution < 1.29 is 14.3 Å². The third-order valence-corrected chi connectivity index (χ3v) is 4.46. The Kier molecular flexibility index (Phi) is 4.59. The van der Waals surface area contributed by atoms with Crippen LogP contribution in [0.2, 0.25) is 0 Å². The molecule has 1 aromatic heterocycles. The Morgan fingerprint density at radius 2 is 2.25 bits per heavy atom. The number of carbonyl (C=O) groups excluding carboxylic acids is 2. The molecule has 0 saturated carbocycles. The topological polar surface area (TPSA) is 68.6 Å². The Hall–Kier alpha value is -1.63. The minimum absolute atomic E-state index is 0.0437. The number of amides is 1. The summed E-state index contributed by atoms with van der Waals surface area (Å²) >= 11 is 1.09. The van der Waals surface area contributed by atoms with Gasteiger partial charge in [0.05, 0.1) is 13.0 Å². The summed E-state index contributed by atoms with van der Waals surface area (Å²) in [6.07, 6.45) is 1.52. The van der Waals surface area contributed by atoms with E-state index in [2.05, 4.69) is 0 Å². The van der Waals surface area contributed by atoms with Gasteiger partial charge in [-0.2, -0.15) is 0 Å². The second-order valence-electron chi connectivity index (χ2n) is 4.93. The molecule has 0 unspecified atom stereocenters. The normalized spacial score (nSPS) is 18.9. The molecule has 7 heteroatoms. The molecule has 0 bridgehead atoms. The van der Waals surface area contributed by atoms with E-state index < -0.39 is 0 Å². The summed E-state index contributed by atoms with van der Waals surface area (Å²) in [5.41, 5.74) is 0.787. The molecule has 1 aliphatic heterocycles. The van der Waals surface area contributed by atoms with Crippen LogP contribution in [0.5, 0.6) is 0 Å². The molecule has 0 aliphatic carbocycles. The molecule has 20 heavy (non-hydrogen) atoms. The van der Waals surface area contributed by atoms with Crippen LogP contribution in [0.15, 0.2) is 10.2 Å². The van der Waals surface area contributed by atoms with Crippen LogP contribution in [0.4, 0.5) is 0 Å². The standard InChI is InChI=1S/C13H18N2O4S/c1-9-8-20-13(18)15(9)7-11(16)14-5-3-4-10(6-14)12(17)19-2/h8,10H,3-7H2,1-2H3/t10-/m0/s1. The second kappa shape index (κ2) is 6.21. The van der Waals surface area contributed by atoms with Crippen molar-refractivity contribution in [3.63, 3.8) is 0 Å². The number of hydrogen-bond donors (Lipinski definition) is 0. The predicted molar refractivity (Wildman–Crippen MR) is 74.6 cm³/mol. The van der Waals surface area contributed by atoms with E-state index in [0.717, 1.165) is 29.9 Å². The molecule has 0 radical (unpaired) electrons. The first kappa shape index (κ1) is 14.8. The molecule has 6 nitrogen and oxygen atoms in total. The van der Waals surface area contributed by atoms with Gasteiger partial charge in [-0.15, -0.1) is 0 Å². The predicted octanol–water partition coefficient (Wildman–Crippen LogP) is 0.630. The van der Waals surface area contributed by atoms with Crippen LogP contribution >= 0.6 is 11.3 Å². The van der Waals surface area contributed by atoms with Crippen molar-refractivity contribution in [2.24, 2.45) is 5.92 Å². The first-order valence-electron chi connectivity index (χ1n) is 6.53. The molecular formula is C13H18N2O4S. The number of carbonyl (C=O) groups is 2.